The predicted octanol–water partition coefficient (Wildman–Crippen LogP) is 5.72. The molecule has 0 bridgehead atoms. The van der Waals surface area contributed by atoms with Crippen molar-refractivity contribution in [3.63, 3.8) is 0 Å². The summed E-state index contributed by atoms with van der Waals surface area (Å²) in [6.45, 7) is 0. The minimum atomic E-state index is -0.433. The second kappa shape index (κ2) is 8.39. The molecule has 3 aromatic rings. The fraction of sp³-hybridized carbons (Fsp3) is 0.240. The van der Waals surface area contributed by atoms with E-state index < -0.39 is 6.23 Å². The zero-order chi connectivity index (χ0) is 22.2. The summed E-state index contributed by atoms with van der Waals surface area (Å²) >= 11 is 3.60. The van der Waals surface area contributed by atoms with Crippen molar-refractivity contribution in [2.24, 2.45) is 5.10 Å². The number of hydrogen-bond donors (Lipinski definition) is 0. The summed E-state index contributed by atoms with van der Waals surface area (Å²) in [5.41, 5.74) is 4.02. The summed E-state index contributed by atoms with van der Waals surface area (Å²) < 4.78 is 24.0. The van der Waals surface area contributed by atoms with Crippen LogP contribution in [0, 0.1) is 0 Å². The van der Waals surface area contributed by atoms with Gasteiger partial charge in [0.05, 0.1) is 38.6 Å². The molecule has 2 aliphatic rings. The Morgan fingerprint density at radius 3 is 2.50 bits per heavy atom. The number of hydrazone groups is 1. The molecule has 0 saturated heterocycles. The van der Waals surface area contributed by atoms with Crippen LogP contribution in [0.2, 0.25) is 0 Å². The minimum Gasteiger partial charge on any atom is -0.497 e. The van der Waals surface area contributed by atoms with Gasteiger partial charge in [0.1, 0.15) is 23.0 Å². The average molecular weight is 495 g/mol. The van der Waals surface area contributed by atoms with Gasteiger partial charge in [-0.05, 0) is 42.5 Å². The molecule has 2 heterocycles. The van der Waals surface area contributed by atoms with Crippen LogP contribution in [0.3, 0.4) is 0 Å². The number of nitrogens with zero attached hydrogens (tertiary/aromatic N) is 2. The number of benzene rings is 3. The smallest absolute Gasteiger partial charge is 0.217 e. The fourth-order valence-corrected chi connectivity index (χ4v) is 4.64. The molecule has 0 aromatic heterocycles. The highest BCUT2D eigenvalue weighted by molar-refractivity contribution is 9.10. The molecule has 2 atom stereocenters. The molecule has 7 heteroatoms. The highest BCUT2D eigenvalue weighted by Crippen LogP contribution is 2.49. The summed E-state index contributed by atoms with van der Waals surface area (Å²) in [4.78, 5) is 0. The van der Waals surface area contributed by atoms with Crippen molar-refractivity contribution in [3.8, 4) is 23.0 Å². The molecule has 5 rings (SSSR count). The van der Waals surface area contributed by atoms with Crippen molar-refractivity contribution in [3.05, 3.63) is 81.8 Å². The van der Waals surface area contributed by atoms with Crippen LogP contribution in [0.5, 0.6) is 23.0 Å². The Morgan fingerprint density at radius 1 is 0.906 bits per heavy atom. The average Bonchev–Trinajstić information content (AvgIpc) is 3.29. The third-order valence-corrected chi connectivity index (χ3v) is 6.35. The standard InChI is InChI=1S/C25H23BrN2O4/c1-29-17-6-4-5-15(11-17)21-14-22-20-12-16(26)7-10-23(20)32-25(28(22)27-21)19-9-8-18(30-2)13-24(19)31-3/h4-13,22,25H,14H2,1-3H3/t22-,25+/m1/s1. The lowest BCUT2D eigenvalue weighted by atomic mass is 9.95. The summed E-state index contributed by atoms with van der Waals surface area (Å²) in [5.74, 6) is 3.07. The quantitative estimate of drug-likeness (QED) is 0.454. The first-order valence-corrected chi connectivity index (χ1v) is 11.1. The van der Waals surface area contributed by atoms with Gasteiger partial charge in [-0.25, -0.2) is 5.01 Å². The molecule has 0 spiro atoms. The van der Waals surface area contributed by atoms with Crippen LogP contribution in [0.25, 0.3) is 0 Å². The van der Waals surface area contributed by atoms with Crippen molar-refractivity contribution in [2.45, 2.75) is 18.7 Å². The van der Waals surface area contributed by atoms with Crippen LogP contribution in [0.15, 0.2) is 70.2 Å². The summed E-state index contributed by atoms with van der Waals surface area (Å²) in [6, 6.07) is 19.9. The Hall–Kier alpha value is -3.19. The van der Waals surface area contributed by atoms with Gasteiger partial charge in [-0.1, -0.05) is 28.1 Å². The van der Waals surface area contributed by atoms with Crippen LogP contribution in [0.1, 0.15) is 35.4 Å². The van der Waals surface area contributed by atoms with Gasteiger partial charge in [-0.15, -0.1) is 0 Å². The van der Waals surface area contributed by atoms with Crippen LogP contribution < -0.4 is 18.9 Å². The van der Waals surface area contributed by atoms with Crippen molar-refractivity contribution in [2.75, 3.05) is 21.3 Å². The zero-order valence-electron chi connectivity index (χ0n) is 18.0. The topological polar surface area (TPSA) is 52.5 Å². The summed E-state index contributed by atoms with van der Waals surface area (Å²) in [5, 5.41) is 7.06. The lowest BCUT2D eigenvalue weighted by Crippen LogP contribution is -2.34. The summed E-state index contributed by atoms with van der Waals surface area (Å²) in [6.07, 6.45) is 0.326. The highest BCUT2D eigenvalue weighted by Gasteiger charge is 2.42. The number of halogens is 1. The van der Waals surface area contributed by atoms with Gasteiger partial charge in [0.25, 0.3) is 0 Å². The number of methoxy groups -OCH3 is 3. The van der Waals surface area contributed by atoms with Gasteiger partial charge in [-0.2, -0.15) is 5.10 Å². The first-order chi connectivity index (χ1) is 15.6. The van der Waals surface area contributed by atoms with Gasteiger partial charge in [-0.3, -0.25) is 0 Å². The van der Waals surface area contributed by atoms with Crippen LogP contribution >= 0.6 is 15.9 Å². The van der Waals surface area contributed by atoms with Gasteiger partial charge in [0, 0.05) is 28.1 Å². The van der Waals surface area contributed by atoms with Gasteiger partial charge >= 0.3 is 0 Å². The first-order valence-electron chi connectivity index (χ1n) is 10.3. The second-order valence-electron chi connectivity index (χ2n) is 7.64. The lowest BCUT2D eigenvalue weighted by molar-refractivity contribution is -0.0204. The maximum absolute atomic E-state index is 6.48. The molecular weight excluding hydrogens is 472 g/mol. The van der Waals surface area contributed by atoms with Crippen LogP contribution in [0.4, 0.5) is 0 Å². The monoisotopic (exact) mass is 494 g/mol. The zero-order valence-corrected chi connectivity index (χ0v) is 19.6. The normalized spacial score (nSPS) is 18.9. The molecule has 0 fully saturated rings. The van der Waals surface area contributed by atoms with E-state index in [1.807, 2.05) is 53.5 Å². The van der Waals surface area contributed by atoms with Crippen molar-refractivity contribution in [1.82, 2.24) is 5.01 Å². The van der Waals surface area contributed by atoms with E-state index in [1.165, 1.54) is 0 Å². The minimum absolute atomic E-state index is 0.0364. The number of fused-ring (bicyclic) bond motifs is 3. The van der Waals surface area contributed by atoms with E-state index in [4.69, 9.17) is 24.0 Å². The largest absolute Gasteiger partial charge is 0.497 e. The van der Waals surface area contributed by atoms with E-state index in [2.05, 4.69) is 28.1 Å². The van der Waals surface area contributed by atoms with E-state index in [9.17, 15) is 0 Å². The third kappa shape index (κ3) is 3.56. The molecule has 164 valence electrons. The van der Waals surface area contributed by atoms with Crippen molar-refractivity contribution < 1.29 is 18.9 Å². The molecule has 0 saturated carbocycles. The molecule has 0 aliphatic carbocycles. The van der Waals surface area contributed by atoms with Crippen LogP contribution in [-0.2, 0) is 0 Å². The molecule has 2 aliphatic heterocycles. The maximum atomic E-state index is 6.48. The molecule has 0 N–H and O–H groups in total. The molecule has 6 nitrogen and oxygen atoms in total. The van der Waals surface area contributed by atoms with Crippen molar-refractivity contribution in [1.29, 1.82) is 0 Å². The second-order valence-corrected chi connectivity index (χ2v) is 8.55. The maximum Gasteiger partial charge on any atom is 0.217 e. The predicted molar refractivity (Wildman–Crippen MR) is 126 cm³/mol. The van der Waals surface area contributed by atoms with E-state index >= 15 is 0 Å². The first kappa shape index (κ1) is 20.7. The fourth-order valence-electron chi connectivity index (χ4n) is 4.26. The number of rotatable bonds is 5. The molecule has 3 aromatic carbocycles. The van der Waals surface area contributed by atoms with Crippen LogP contribution in [-0.4, -0.2) is 32.0 Å². The van der Waals surface area contributed by atoms with E-state index in [1.54, 1.807) is 21.3 Å². The SMILES string of the molecule is COc1cccc(C2=NN3[C@H](C2)c2cc(Br)ccc2O[C@H]3c2ccc(OC)cc2OC)c1. The van der Waals surface area contributed by atoms with Gasteiger partial charge < -0.3 is 18.9 Å². The molecule has 0 amide bonds. The molecule has 0 radical (unpaired) electrons. The Morgan fingerprint density at radius 2 is 1.72 bits per heavy atom. The van der Waals surface area contributed by atoms with E-state index in [0.29, 0.717) is 5.75 Å². The highest BCUT2D eigenvalue weighted by atomic mass is 79.9. The van der Waals surface area contributed by atoms with Crippen molar-refractivity contribution >= 4 is 21.6 Å². The van der Waals surface area contributed by atoms with E-state index in [0.717, 1.165) is 50.5 Å². The lowest BCUT2D eigenvalue weighted by Gasteiger charge is -2.38. The third-order valence-electron chi connectivity index (χ3n) is 5.86. The summed E-state index contributed by atoms with van der Waals surface area (Å²) in [7, 11) is 4.96. The van der Waals surface area contributed by atoms with Gasteiger partial charge in [0.2, 0.25) is 6.23 Å². The molecule has 32 heavy (non-hydrogen) atoms. The number of hydrogen-bond acceptors (Lipinski definition) is 6. The van der Waals surface area contributed by atoms with Gasteiger partial charge in [0.15, 0.2) is 0 Å². The molecular formula is C25H23BrN2O4. The Labute approximate surface area is 195 Å². The Bertz CT molecular complexity index is 1200. The molecule has 0 unspecified atom stereocenters. The van der Waals surface area contributed by atoms with E-state index in [-0.39, 0.29) is 6.04 Å². The Balaban J connectivity index is 1.61. The Kier molecular flexibility index (Phi) is 5.43. The number of ether oxygens (including phenoxy) is 4.